The lowest BCUT2D eigenvalue weighted by atomic mass is 10.1. The maximum Gasteiger partial charge on any atom is 0.289 e. The molecular formula is C22H18N4O6. The van der Waals surface area contributed by atoms with Crippen molar-refractivity contribution in [3.05, 3.63) is 110 Å². The van der Waals surface area contributed by atoms with Gasteiger partial charge in [0.25, 0.3) is 23.2 Å². The third kappa shape index (κ3) is 5.11. The zero-order valence-corrected chi connectivity index (χ0v) is 16.8. The van der Waals surface area contributed by atoms with Crippen molar-refractivity contribution >= 4 is 28.9 Å². The Morgan fingerprint density at radius 1 is 0.844 bits per heavy atom. The molecule has 162 valence electrons. The van der Waals surface area contributed by atoms with Gasteiger partial charge >= 0.3 is 0 Å². The molecule has 10 nitrogen and oxygen atoms in total. The fraction of sp³-hybridized carbons (Fsp3) is 0.0909. The zero-order valence-electron chi connectivity index (χ0n) is 16.8. The number of benzene rings is 3. The summed E-state index contributed by atoms with van der Waals surface area (Å²) < 4.78 is 0. The van der Waals surface area contributed by atoms with Gasteiger partial charge in [0.05, 0.1) is 22.0 Å². The first kappa shape index (κ1) is 22.1. The van der Waals surface area contributed by atoms with Crippen LogP contribution in [0.2, 0.25) is 0 Å². The number of anilines is 1. The third-order valence-electron chi connectivity index (χ3n) is 4.66. The summed E-state index contributed by atoms with van der Waals surface area (Å²) in [5.41, 5.74) is -0.0860. The summed E-state index contributed by atoms with van der Waals surface area (Å²) in [5.74, 6) is -1.19. The molecular weight excluding hydrogens is 416 g/mol. The predicted octanol–water partition coefficient (Wildman–Crippen LogP) is 4.25. The Hall–Kier alpha value is -4.60. The smallest absolute Gasteiger partial charge is 0.289 e. The number of nitrogens with one attached hydrogen (secondary N) is 2. The SMILES string of the molecule is CC(NC(=O)c1cccc(NC(=O)c2ccc([N+](=O)[O-])cc2[N+](=O)[O-])c1)c1ccccc1. The minimum atomic E-state index is -0.864. The average molecular weight is 434 g/mol. The minimum absolute atomic E-state index is 0.239. The first-order valence-electron chi connectivity index (χ1n) is 9.46. The zero-order chi connectivity index (χ0) is 23.3. The van der Waals surface area contributed by atoms with E-state index in [1.54, 1.807) is 12.1 Å². The van der Waals surface area contributed by atoms with Crippen LogP contribution in [0.25, 0.3) is 0 Å². The van der Waals surface area contributed by atoms with Crippen LogP contribution in [0.5, 0.6) is 0 Å². The molecule has 0 heterocycles. The molecule has 3 aromatic carbocycles. The van der Waals surface area contributed by atoms with E-state index in [4.69, 9.17) is 0 Å². The number of non-ortho nitro benzene ring substituents is 1. The topological polar surface area (TPSA) is 144 Å². The van der Waals surface area contributed by atoms with Crippen LogP contribution in [0.1, 0.15) is 39.2 Å². The summed E-state index contributed by atoms with van der Waals surface area (Å²) in [6.07, 6.45) is 0. The number of amides is 2. The number of nitrogens with zero attached hydrogens (tertiary/aromatic N) is 2. The molecule has 0 aromatic heterocycles. The number of nitro benzene ring substituents is 2. The summed E-state index contributed by atoms with van der Waals surface area (Å²) >= 11 is 0. The van der Waals surface area contributed by atoms with Crippen LogP contribution in [0.4, 0.5) is 17.1 Å². The van der Waals surface area contributed by atoms with E-state index in [2.05, 4.69) is 10.6 Å². The van der Waals surface area contributed by atoms with Crippen molar-refractivity contribution in [2.45, 2.75) is 13.0 Å². The molecule has 0 spiro atoms. The molecule has 2 N–H and O–H groups in total. The maximum absolute atomic E-state index is 12.6. The molecule has 10 heteroatoms. The number of nitro groups is 2. The van der Waals surface area contributed by atoms with Crippen molar-refractivity contribution in [3.63, 3.8) is 0 Å². The largest absolute Gasteiger partial charge is 0.346 e. The fourth-order valence-electron chi connectivity index (χ4n) is 3.02. The van der Waals surface area contributed by atoms with Gasteiger partial charge in [0.15, 0.2) is 0 Å². The van der Waals surface area contributed by atoms with E-state index in [1.165, 1.54) is 12.1 Å². The molecule has 0 saturated heterocycles. The van der Waals surface area contributed by atoms with Crippen LogP contribution in [-0.2, 0) is 0 Å². The van der Waals surface area contributed by atoms with E-state index in [9.17, 15) is 29.8 Å². The summed E-state index contributed by atoms with van der Waals surface area (Å²) in [4.78, 5) is 45.7. The summed E-state index contributed by atoms with van der Waals surface area (Å²) in [6, 6.07) is 18.0. The van der Waals surface area contributed by atoms with E-state index in [-0.39, 0.29) is 28.8 Å². The van der Waals surface area contributed by atoms with Crippen molar-refractivity contribution in [1.82, 2.24) is 5.32 Å². The monoisotopic (exact) mass is 434 g/mol. The molecule has 0 saturated carbocycles. The second-order valence-corrected chi connectivity index (χ2v) is 6.86. The summed E-state index contributed by atoms with van der Waals surface area (Å²) in [5, 5.41) is 27.5. The van der Waals surface area contributed by atoms with E-state index in [1.807, 2.05) is 37.3 Å². The Morgan fingerprint density at radius 2 is 1.56 bits per heavy atom. The lowest BCUT2D eigenvalue weighted by molar-refractivity contribution is -0.394. The molecule has 3 rings (SSSR count). The number of hydrogen-bond acceptors (Lipinski definition) is 6. The molecule has 0 aliphatic rings. The van der Waals surface area contributed by atoms with E-state index in [0.717, 1.165) is 23.8 Å². The van der Waals surface area contributed by atoms with Gasteiger partial charge in [-0.1, -0.05) is 36.4 Å². The second kappa shape index (κ2) is 9.47. The van der Waals surface area contributed by atoms with Crippen LogP contribution in [0.3, 0.4) is 0 Å². The van der Waals surface area contributed by atoms with Crippen LogP contribution in [-0.4, -0.2) is 21.7 Å². The van der Waals surface area contributed by atoms with Gasteiger partial charge in [0, 0.05) is 17.3 Å². The van der Waals surface area contributed by atoms with Gasteiger partial charge in [0.2, 0.25) is 0 Å². The Labute approximate surface area is 182 Å². The van der Waals surface area contributed by atoms with Gasteiger partial charge in [-0.25, -0.2) is 0 Å². The van der Waals surface area contributed by atoms with Gasteiger partial charge < -0.3 is 10.6 Å². The lowest BCUT2D eigenvalue weighted by Crippen LogP contribution is -2.26. The number of rotatable bonds is 7. The highest BCUT2D eigenvalue weighted by atomic mass is 16.6. The van der Waals surface area contributed by atoms with Crippen LogP contribution in [0.15, 0.2) is 72.8 Å². The third-order valence-corrected chi connectivity index (χ3v) is 4.66. The molecule has 0 aliphatic heterocycles. The Bertz CT molecular complexity index is 1200. The normalized spacial score (nSPS) is 11.3. The Morgan fingerprint density at radius 3 is 2.22 bits per heavy atom. The molecule has 2 amide bonds. The standard InChI is InChI=1S/C22H18N4O6/c1-14(15-6-3-2-4-7-15)23-21(27)16-8-5-9-17(12-16)24-22(28)19-11-10-18(25(29)30)13-20(19)26(31)32/h2-14H,1H3,(H,23,27)(H,24,28). The van der Waals surface area contributed by atoms with Crippen LogP contribution in [0, 0.1) is 20.2 Å². The first-order chi connectivity index (χ1) is 15.3. The molecule has 32 heavy (non-hydrogen) atoms. The van der Waals surface area contributed by atoms with E-state index >= 15 is 0 Å². The average Bonchev–Trinajstić information content (AvgIpc) is 2.79. The van der Waals surface area contributed by atoms with Crippen molar-refractivity contribution in [2.75, 3.05) is 5.32 Å². The van der Waals surface area contributed by atoms with Gasteiger partial charge in [-0.3, -0.25) is 29.8 Å². The molecule has 0 fully saturated rings. The highest BCUT2D eigenvalue weighted by molar-refractivity contribution is 6.07. The van der Waals surface area contributed by atoms with Crippen molar-refractivity contribution in [2.24, 2.45) is 0 Å². The summed E-state index contributed by atoms with van der Waals surface area (Å²) in [7, 11) is 0. The van der Waals surface area contributed by atoms with Crippen molar-refractivity contribution in [3.8, 4) is 0 Å². The highest BCUT2D eigenvalue weighted by Gasteiger charge is 2.24. The fourth-order valence-corrected chi connectivity index (χ4v) is 3.02. The molecule has 3 aromatic rings. The predicted molar refractivity (Wildman–Crippen MR) is 116 cm³/mol. The first-order valence-corrected chi connectivity index (χ1v) is 9.46. The quantitative estimate of drug-likeness (QED) is 0.420. The van der Waals surface area contributed by atoms with Crippen molar-refractivity contribution < 1.29 is 19.4 Å². The van der Waals surface area contributed by atoms with Gasteiger partial charge in [-0.05, 0) is 36.8 Å². The minimum Gasteiger partial charge on any atom is -0.346 e. The van der Waals surface area contributed by atoms with Gasteiger partial charge in [-0.2, -0.15) is 0 Å². The van der Waals surface area contributed by atoms with Crippen LogP contribution < -0.4 is 10.6 Å². The van der Waals surface area contributed by atoms with Crippen LogP contribution >= 0.6 is 0 Å². The molecule has 1 atom stereocenters. The molecule has 0 bridgehead atoms. The second-order valence-electron chi connectivity index (χ2n) is 6.86. The number of hydrogen-bond donors (Lipinski definition) is 2. The summed E-state index contributed by atoms with van der Waals surface area (Å²) in [6.45, 7) is 1.84. The Balaban J connectivity index is 1.77. The molecule has 1 unspecified atom stereocenters. The van der Waals surface area contributed by atoms with Crippen molar-refractivity contribution in [1.29, 1.82) is 0 Å². The molecule has 0 aliphatic carbocycles. The molecule has 0 radical (unpaired) electrons. The number of carbonyl (C=O) groups excluding carboxylic acids is 2. The van der Waals surface area contributed by atoms with E-state index in [0.29, 0.717) is 0 Å². The maximum atomic E-state index is 12.6. The number of carbonyl (C=O) groups is 2. The Kier molecular flexibility index (Phi) is 6.54. The van der Waals surface area contributed by atoms with Gasteiger partial charge in [0.1, 0.15) is 5.56 Å². The van der Waals surface area contributed by atoms with Gasteiger partial charge in [-0.15, -0.1) is 0 Å². The van der Waals surface area contributed by atoms with E-state index < -0.39 is 27.1 Å². The highest BCUT2D eigenvalue weighted by Crippen LogP contribution is 2.25. The lowest BCUT2D eigenvalue weighted by Gasteiger charge is -2.15.